The van der Waals surface area contributed by atoms with Gasteiger partial charge in [0.2, 0.25) is 5.91 Å². The molecule has 0 bridgehead atoms. The fourth-order valence-corrected chi connectivity index (χ4v) is 3.90. The summed E-state index contributed by atoms with van der Waals surface area (Å²) >= 11 is 0. The molecular formula is C19H25N3O4. The van der Waals surface area contributed by atoms with E-state index in [2.05, 4.69) is 5.32 Å². The van der Waals surface area contributed by atoms with Crippen LogP contribution in [0.1, 0.15) is 32.3 Å². The van der Waals surface area contributed by atoms with Crippen molar-refractivity contribution in [2.45, 2.75) is 33.1 Å². The number of hydrogen-bond donors (Lipinski definition) is 2. The number of amides is 3. The van der Waals surface area contributed by atoms with Gasteiger partial charge in [0.25, 0.3) is 0 Å². The molecule has 2 aliphatic rings. The predicted molar refractivity (Wildman–Crippen MR) is 98.3 cm³/mol. The first-order chi connectivity index (χ1) is 12.3. The Morgan fingerprint density at radius 2 is 2.00 bits per heavy atom. The number of aryl methyl sites for hydroxylation is 1. The number of nitrogens with one attached hydrogen (secondary N) is 1. The molecule has 0 spiro atoms. The van der Waals surface area contributed by atoms with Crippen LogP contribution in [0.2, 0.25) is 0 Å². The highest BCUT2D eigenvalue weighted by atomic mass is 16.4. The van der Waals surface area contributed by atoms with Gasteiger partial charge in [-0.15, -0.1) is 0 Å². The first kappa shape index (κ1) is 18.2. The minimum absolute atomic E-state index is 0.0183. The van der Waals surface area contributed by atoms with Crippen LogP contribution >= 0.6 is 0 Å². The first-order valence-corrected chi connectivity index (χ1v) is 9.05. The van der Waals surface area contributed by atoms with E-state index < -0.39 is 11.9 Å². The van der Waals surface area contributed by atoms with Gasteiger partial charge in [-0.25, -0.2) is 4.79 Å². The molecule has 140 valence electrons. The maximum Gasteiger partial charge on any atom is 0.321 e. The largest absolute Gasteiger partial charge is 0.481 e. The molecule has 1 fully saturated rings. The molecule has 2 heterocycles. The fourth-order valence-electron chi connectivity index (χ4n) is 3.90. The Balaban J connectivity index is 1.72. The van der Waals surface area contributed by atoms with E-state index in [0.29, 0.717) is 18.7 Å². The van der Waals surface area contributed by atoms with E-state index in [0.717, 1.165) is 30.6 Å². The zero-order valence-corrected chi connectivity index (χ0v) is 15.2. The lowest BCUT2D eigenvalue weighted by Gasteiger charge is -2.34. The number of fused-ring (bicyclic) bond motifs is 1. The topological polar surface area (TPSA) is 90.0 Å². The average Bonchev–Trinajstić information content (AvgIpc) is 2.60. The SMILES string of the molecule is CC(=O)N1CCCc2cc(NC(=O)N3CC(C)CC(C(=O)O)C3)ccc21. The summed E-state index contributed by atoms with van der Waals surface area (Å²) in [4.78, 5) is 38.9. The second-order valence-electron chi connectivity index (χ2n) is 7.33. The monoisotopic (exact) mass is 359 g/mol. The molecule has 7 nitrogen and oxygen atoms in total. The molecule has 2 unspecified atom stereocenters. The maximum atomic E-state index is 12.6. The number of carbonyl (C=O) groups is 3. The van der Waals surface area contributed by atoms with Crippen molar-refractivity contribution in [2.75, 3.05) is 29.9 Å². The Morgan fingerprint density at radius 3 is 2.69 bits per heavy atom. The Hall–Kier alpha value is -2.57. The molecule has 0 aliphatic carbocycles. The normalized spacial score (nSPS) is 22.5. The molecule has 0 radical (unpaired) electrons. The van der Waals surface area contributed by atoms with Crippen molar-refractivity contribution in [3.8, 4) is 0 Å². The number of hydrogen-bond acceptors (Lipinski definition) is 3. The molecule has 7 heteroatoms. The third-order valence-electron chi connectivity index (χ3n) is 5.13. The summed E-state index contributed by atoms with van der Waals surface area (Å²) in [6.07, 6.45) is 2.36. The molecule has 2 N–H and O–H groups in total. The Morgan fingerprint density at radius 1 is 1.23 bits per heavy atom. The van der Waals surface area contributed by atoms with Gasteiger partial charge in [0, 0.05) is 37.9 Å². The number of aliphatic carboxylic acids is 1. The van der Waals surface area contributed by atoms with Crippen molar-refractivity contribution in [1.29, 1.82) is 0 Å². The quantitative estimate of drug-likeness (QED) is 0.849. The third-order valence-corrected chi connectivity index (χ3v) is 5.13. The van der Waals surface area contributed by atoms with Gasteiger partial charge >= 0.3 is 12.0 Å². The lowest BCUT2D eigenvalue weighted by atomic mass is 9.91. The Bertz CT molecular complexity index is 733. The highest BCUT2D eigenvalue weighted by Gasteiger charge is 2.32. The lowest BCUT2D eigenvalue weighted by Crippen LogP contribution is -2.47. The van der Waals surface area contributed by atoms with E-state index in [9.17, 15) is 19.5 Å². The summed E-state index contributed by atoms with van der Waals surface area (Å²) < 4.78 is 0. The number of benzene rings is 1. The number of likely N-dealkylation sites (tertiary alicyclic amines) is 1. The summed E-state index contributed by atoms with van der Waals surface area (Å²) in [5.41, 5.74) is 2.61. The van der Waals surface area contributed by atoms with Gasteiger partial charge in [-0.2, -0.15) is 0 Å². The van der Waals surface area contributed by atoms with Gasteiger partial charge in [-0.05, 0) is 48.9 Å². The van der Waals surface area contributed by atoms with Gasteiger partial charge in [0.1, 0.15) is 0 Å². The number of rotatable bonds is 2. The highest BCUT2D eigenvalue weighted by molar-refractivity contribution is 5.94. The zero-order valence-electron chi connectivity index (χ0n) is 15.2. The van der Waals surface area contributed by atoms with E-state index in [1.54, 1.807) is 22.8 Å². The van der Waals surface area contributed by atoms with E-state index in [-0.39, 0.29) is 24.4 Å². The first-order valence-electron chi connectivity index (χ1n) is 9.05. The van der Waals surface area contributed by atoms with Crippen LogP contribution in [0, 0.1) is 11.8 Å². The van der Waals surface area contributed by atoms with E-state index >= 15 is 0 Å². The van der Waals surface area contributed by atoms with Gasteiger partial charge in [0.15, 0.2) is 0 Å². The number of carboxylic acid groups (broad SMARTS) is 1. The van der Waals surface area contributed by atoms with Crippen LogP contribution in [0.15, 0.2) is 18.2 Å². The van der Waals surface area contributed by atoms with Crippen LogP contribution < -0.4 is 10.2 Å². The average molecular weight is 359 g/mol. The summed E-state index contributed by atoms with van der Waals surface area (Å²) in [6.45, 7) is 5.02. The van der Waals surface area contributed by atoms with Crippen LogP contribution in [0.4, 0.5) is 16.2 Å². The Kier molecular flexibility index (Phi) is 5.15. The van der Waals surface area contributed by atoms with Crippen molar-refractivity contribution in [3.05, 3.63) is 23.8 Å². The number of carboxylic acids is 1. The van der Waals surface area contributed by atoms with Gasteiger partial charge in [-0.1, -0.05) is 6.92 Å². The smallest absolute Gasteiger partial charge is 0.321 e. The molecular weight excluding hydrogens is 334 g/mol. The number of carbonyl (C=O) groups excluding carboxylic acids is 2. The van der Waals surface area contributed by atoms with Crippen LogP contribution in [-0.2, 0) is 16.0 Å². The lowest BCUT2D eigenvalue weighted by molar-refractivity contribution is -0.143. The molecule has 0 saturated carbocycles. The van der Waals surface area contributed by atoms with Crippen molar-refractivity contribution < 1.29 is 19.5 Å². The third kappa shape index (κ3) is 3.81. The molecule has 3 amide bonds. The second kappa shape index (κ2) is 7.35. The summed E-state index contributed by atoms with van der Waals surface area (Å²) in [5.74, 6) is -1.20. The number of anilines is 2. The summed E-state index contributed by atoms with van der Waals surface area (Å²) in [7, 11) is 0. The molecule has 26 heavy (non-hydrogen) atoms. The summed E-state index contributed by atoms with van der Waals surface area (Å²) in [5, 5.41) is 12.1. The zero-order chi connectivity index (χ0) is 18.8. The van der Waals surface area contributed by atoms with E-state index in [4.69, 9.17) is 0 Å². The predicted octanol–water partition coefficient (Wildman–Crippen LogP) is 2.56. The van der Waals surface area contributed by atoms with Crippen molar-refractivity contribution in [3.63, 3.8) is 0 Å². The minimum atomic E-state index is -0.854. The summed E-state index contributed by atoms with van der Waals surface area (Å²) in [6, 6.07) is 5.29. The van der Waals surface area contributed by atoms with Crippen LogP contribution in [-0.4, -0.2) is 47.5 Å². The molecule has 2 atom stereocenters. The highest BCUT2D eigenvalue weighted by Crippen LogP contribution is 2.30. The fraction of sp³-hybridized carbons (Fsp3) is 0.526. The van der Waals surface area contributed by atoms with Crippen molar-refractivity contribution in [1.82, 2.24) is 4.90 Å². The Labute approximate surface area is 153 Å². The van der Waals surface area contributed by atoms with Gasteiger partial charge < -0.3 is 20.2 Å². The van der Waals surface area contributed by atoms with Crippen LogP contribution in [0.3, 0.4) is 0 Å². The van der Waals surface area contributed by atoms with E-state index in [1.807, 2.05) is 19.1 Å². The van der Waals surface area contributed by atoms with Crippen LogP contribution in [0.5, 0.6) is 0 Å². The van der Waals surface area contributed by atoms with Crippen LogP contribution in [0.25, 0.3) is 0 Å². The molecule has 1 saturated heterocycles. The van der Waals surface area contributed by atoms with E-state index in [1.165, 1.54) is 0 Å². The molecule has 1 aromatic rings. The molecule has 1 aromatic carbocycles. The maximum absolute atomic E-state index is 12.6. The minimum Gasteiger partial charge on any atom is -0.481 e. The molecule has 2 aliphatic heterocycles. The molecule has 0 aromatic heterocycles. The molecule has 3 rings (SSSR count). The van der Waals surface area contributed by atoms with Gasteiger partial charge in [-0.3, -0.25) is 9.59 Å². The van der Waals surface area contributed by atoms with Crippen molar-refractivity contribution in [2.24, 2.45) is 11.8 Å². The number of piperidine rings is 1. The number of urea groups is 1. The van der Waals surface area contributed by atoms with Gasteiger partial charge in [0.05, 0.1) is 5.92 Å². The standard InChI is InChI=1S/C19H25N3O4/c1-12-8-15(18(24)25)11-21(10-12)19(26)20-16-5-6-17-14(9-16)4-3-7-22(17)13(2)23/h5-6,9,12,15H,3-4,7-8,10-11H2,1-2H3,(H,20,26)(H,24,25). The van der Waals surface area contributed by atoms with Crippen molar-refractivity contribution >= 4 is 29.3 Å². The number of nitrogens with zero attached hydrogens (tertiary/aromatic N) is 2. The second-order valence-corrected chi connectivity index (χ2v) is 7.33.